The van der Waals surface area contributed by atoms with Crippen LogP contribution in [0, 0.1) is 38.9 Å². The molecule has 2 saturated carbocycles. The summed E-state index contributed by atoms with van der Waals surface area (Å²) in [7, 11) is 0. The monoisotopic (exact) mass is 456 g/mol. The van der Waals surface area contributed by atoms with E-state index in [9.17, 15) is 20.1 Å². The molecule has 2 fully saturated rings. The van der Waals surface area contributed by atoms with E-state index in [1.165, 1.54) is 11.1 Å². The molecular formula is C29H44O4. The van der Waals surface area contributed by atoms with Crippen LogP contribution in [0.2, 0.25) is 0 Å². The summed E-state index contributed by atoms with van der Waals surface area (Å²) < 4.78 is 0. The Labute approximate surface area is 199 Å². The molecule has 0 aromatic rings. The molecule has 0 saturated heterocycles. The Balaban J connectivity index is 1.63. The second-order valence-corrected chi connectivity index (χ2v) is 14.0. The molecule has 4 nitrogen and oxygen atoms in total. The second kappa shape index (κ2) is 7.04. The number of aliphatic hydroxyl groups is 3. The highest BCUT2D eigenvalue weighted by Gasteiger charge is 2.68. The molecule has 184 valence electrons. The van der Waals surface area contributed by atoms with Crippen molar-refractivity contribution in [1.29, 1.82) is 0 Å². The minimum atomic E-state index is -0.899. The quantitative estimate of drug-likeness (QED) is 0.521. The van der Waals surface area contributed by atoms with Crippen molar-refractivity contribution in [3.63, 3.8) is 0 Å². The van der Waals surface area contributed by atoms with E-state index in [1.54, 1.807) is 0 Å². The summed E-state index contributed by atoms with van der Waals surface area (Å²) >= 11 is 0. The lowest BCUT2D eigenvalue weighted by atomic mass is 9.35. The Kier molecular flexibility index (Phi) is 5.07. The van der Waals surface area contributed by atoms with Gasteiger partial charge in [0.1, 0.15) is 0 Å². The van der Waals surface area contributed by atoms with Crippen molar-refractivity contribution in [2.75, 3.05) is 6.61 Å². The maximum atomic E-state index is 13.5. The molecule has 0 aromatic carbocycles. The molecule has 5 aliphatic carbocycles. The second-order valence-electron chi connectivity index (χ2n) is 14.0. The van der Waals surface area contributed by atoms with Crippen LogP contribution in [-0.2, 0) is 4.79 Å². The highest BCUT2D eigenvalue weighted by atomic mass is 16.3. The van der Waals surface area contributed by atoms with Crippen LogP contribution in [0.15, 0.2) is 22.8 Å². The maximum Gasteiger partial charge on any atom is 0.160 e. The Bertz CT molecular complexity index is 945. The van der Waals surface area contributed by atoms with Crippen LogP contribution >= 0.6 is 0 Å². The van der Waals surface area contributed by atoms with Gasteiger partial charge in [-0.25, -0.2) is 0 Å². The highest BCUT2D eigenvalue weighted by Crippen LogP contribution is 2.73. The van der Waals surface area contributed by atoms with E-state index in [1.807, 2.05) is 6.92 Å². The molecular weight excluding hydrogens is 412 g/mol. The molecule has 3 N–H and O–H groups in total. The van der Waals surface area contributed by atoms with Gasteiger partial charge in [0.25, 0.3) is 0 Å². The number of hydrogen-bond acceptors (Lipinski definition) is 4. The Morgan fingerprint density at radius 3 is 2.33 bits per heavy atom. The van der Waals surface area contributed by atoms with Crippen molar-refractivity contribution in [2.45, 2.75) is 105 Å². The molecule has 5 aliphatic rings. The van der Waals surface area contributed by atoms with Crippen LogP contribution in [0.3, 0.4) is 0 Å². The number of hydrogen-bond donors (Lipinski definition) is 3. The van der Waals surface area contributed by atoms with E-state index in [0.717, 1.165) is 44.1 Å². The standard InChI is InChI=1S/C29H44O4/c1-25(2)11-9-17-18(13-25)19-7-8-23-26(3)14-21(32)24(33)27(4,16-30)22(26)10-12-28(23,5)29(19,6)15-20(17)31/h7,21-24,30,32-33H,8-16H2,1-6H3/t21-,22+,23+,24-,26-,27-,28+,29+/m0/s1. The molecule has 0 aromatic heterocycles. The molecule has 5 rings (SSSR count). The van der Waals surface area contributed by atoms with Crippen molar-refractivity contribution >= 4 is 5.78 Å². The van der Waals surface area contributed by atoms with E-state index in [4.69, 9.17) is 0 Å². The average molecular weight is 457 g/mol. The summed E-state index contributed by atoms with van der Waals surface area (Å²) in [4.78, 5) is 13.5. The fourth-order valence-corrected chi connectivity index (χ4v) is 9.69. The van der Waals surface area contributed by atoms with Gasteiger partial charge in [-0.2, -0.15) is 0 Å². The van der Waals surface area contributed by atoms with Crippen molar-refractivity contribution in [3.8, 4) is 0 Å². The normalized spacial score (nSPS) is 51.2. The molecule has 0 unspecified atom stereocenters. The Morgan fingerprint density at radius 1 is 0.970 bits per heavy atom. The summed E-state index contributed by atoms with van der Waals surface area (Å²) in [5.74, 6) is 0.804. The lowest BCUT2D eigenvalue weighted by Gasteiger charge is -2.70. The van der Waals surface area contributed by atoms with Crippen molar-refractivity contribution in [2.24, 2.45) is 38.9 Å². The third-order valence-corrected chi connectivity index (χ3v) is 11.8. The molecule has 0 bridgehead atoms. The summed E-state index contributed by atoms with van der Waals surface area (Å²) in [6, 6.07) is 0. The van der Waals surface area contributed by atoms with Crippen molar-refractivity contribution in [1.82, 2.24) is 0 Å². The van der Waals surface area contributed by atoms with Crippen LogP contribution in [0.1, 0.15) is 92.9 Å². The van der Waals surface area contributed by atoms with Gasteiger partial charge in [-0.15, -0.1) is 0 Å². The number of allylic oxidation sites excluding steroid dienone is 4. The fourth-order valence-electron chi connectivity index (χ4n) is 9.69. The van der Waals surface area contributed by atoms with Gasteiger partial charge in [0.05, 0.1) is 18.8 Å². The zero-order valence-electron chi connectivity index (χ0n) is 21.5. The van der Waals surface area contributed by atoms with Crippen LogP contribution < -0.4 is 0 Å². The zero-order chi connectivity index (χ0) is 24.2. The number of aliphatic hydroxyl groups excluding tert-OH is 3. The van der Waals surface area contributed by atoms with Crippen LogP contribution in [0.5, 0.6) is 0 Å². The number of Topliss-reactive ketones (excluding diaryl/α,β-unsaturated/α-hetero) is 1. The summed E-state index contributed by atoms with van der Waals surface area (Å²) in [5.41, 5.74) is 2.95. The van der Waals surface area contributed by atoms with Gasteiger partial charge in [0.15, 0.2) is 5.78 Å². The molecule has 4 heteroatoms. The molecule has 0 aliphatic heterocycles. The molecule has 0 amide bonds. The van der Waals surface area contributed by atoms with Gasteiger partial charge in [0.2, 0.25) is 0 Å². The summed E-state index contributed by atoms with van der Waals surface area (Å²) in [5, 5.41) is 32.2. The topological polar surface area (TPSA) is 77.8 Å². The SMILES string of the molecule is CC1(C)CCC2=C(C1)C1=CC[C@@H]3[C@@]4(C)C[C@H](O)[C@H](O)[C@@](C)(CO)[C@@H]4CC[C@@]3(C)[C@]1(C)CC2=O. The lowest BCUT2D eigenvalue weighted by molar-refractivity contribution is -0.239. The van der Waals surface area contributed by atoms with Gasteiger partial charge in [-0.1, -0.05) is 47.6 Å². The van der Waals surface area contributed by atoms with Crippen molar-refractivity contribution < 1.29 is 20.1 Å². The largest absolute Gasteiger partial charge is 0.396 e. The van der Waals surface area contributed by atoms with E-state index in [2.05, 4.69) is 40.7 Å². The van der Waals surface area contributed by atoms with Crippen LogP contribution in [0.4, 0.5) is 0 Å². The van der Waals surface area contributed by atoms with Gasteiger partial charge < -0.3 is 15.3 Å². The fraction of sp³-hybridized carbons (Fsp3) is 0.828. The van der Waals surface area contributed by atoms with Crippen molar-refractivity contribution in [3.05, 3.63) is 22.8 Å². The number of rotatable bonds is 1. The van der Waals surface area contributed by atoms with Gasteiger partial charge in [-0.3, -0.25) is 4.79 Å². The Morgan fingerprint density at radius 2 is 1.67 bits per heavy atom. The summed E-state index contributed by atoms with van der Waals surface area (Å²) in [6.45, 7) is 13.6. The number of carbonyl (C=O) groups is 1. The molecule has 8 atom stereocenters. The van der Waals surface area contributed by atoms with Gasteiger partial charge >= 0.3 is 0 Å². The maximum absolute atomic E-state index is 13.5. The molecule has 0 radical (unpaired) electrons. The van der Waals surface area contributed by atoms with E-state index in [-0.39, 0.29) is 34.2 Å². The molecule has 33 heavy (non-hydrogen) atoms. The number of carbonyl (C=O) groups excluding carboxylic acids is 1. The minimum absolute atomic E-state index is 0.0590. The van der Waals surface area contributed by atoms with Gasteiger partial charge in [0, 0.05) is 17.3 Å². The summed E-state index contributed by atoms with van der Waals surface area (Å²) in [6.07, 6.45) is 7.72. The highest BCUT2D eigenvalue weighted by molar-refractivity contribution is 5.99. The smallest absolute Gasteiger partial charge is 0.160 e. The first-order chi connectivity index (χ1) is 15.2. The van der Waals surface area contributed by atoms with Gasteiger partial charge in [-0.05, 0) is 89.7 Å². The first kappa shape index (κ1) is 23.8. The Hall–Kier alpha value is -0.970. The van der Waals surface area contributed by atoms with Crippen LogP contribution in [0.25, 0.3) is 0 Å². The number of ketones is 1. The third kappa shape index (κ3) is 2.90. The predicted octanol–water partition coefficient (Wildman–Crippen LogP) is 4.97. The van der Waals surface area contributed by atoms with E-state index >= 15 is 0 Å². The average Bonchev–Trinajstić information content (AvgIpc) is 2.72. The van der Waals surface area contributed by atoms with E-state index < -0.39 is 17.6 Å². The first-order valence-electron chi connectivity index (χ1n) is 13.2. The predicted molar refractivity (Wildman–Crippen MR) is 129 cm³/mol. The number of fused-ring (bicyclic) bond motifs is 6. The first-order valence-corrected chi connectivity index (χ1v) is 13.2. The third-order valence-electron chi connectivity index (χ3n) is 11.8. The molecule has 0 heterocycles. The minimum Gasteiger partial charge on any atom is -0.396 e. The van der Waals surface area contributed by atoms with Crippen LogP contribution in [-0.4, -0.2) is 39.9 Å². The lowest BCUT2D eigenvalue weighted by Crippen LogP contribution is -2.67. The van der Waals surface area contributed by atoms with E-state index in [0.29, 0.717) is 24.5 Å². The zero-order valence-corrected chi connectivity index (χ0v) is 21.5. The molecule has 0 spiro atoms.